The lowest BCUT2D eigenvalue weighted by Gasteiger charge is -2.27. The highest BCUT2D eigenvalue weighted by Crippen LogP contribution is 2.35. The average molecular weight is 448 g/mol. The van der Waals surface area contributed by atoms with Gasteiger partial charge in [-0.2, -0.15) is 4.31 Å². The molecule has 3 rings (SSSR count). The van der Waals surface area contributed by atoms with Crippen molar-refractivity contribution in [2.75, 3.05) is 31.3 Å². The maximum absolute atomic E-state index is 13.1. The van der Waals surface area contributed by atoms with Gasteiger partial charge in [0, 0.05) is 13.1 Å². The largest absolute Gasteiger partial charge is 0.495 e. The SMILES string of the molecule is CCC1Oc2cc(S(=O)(=O)N(C)CC(=O)Nc3ccccc3OC)c(C)cc2NC1=O. The van der Waals surface area contributed by atoms with Crippen LogP contribution in [0.5, 0.6) is 11.5 Å². The molecule has 166 valence electrons. The molecule has 9 nitrogen and oxygen atoms in total. The first-order valence-corrected chi connectivity index (χ1v) is 11.1. The number of aryl methyl sites for hydroxylation is 1. The van der Waals surface area contributed by atoms with Crippen molar-refractivity contribution in [3.8, 4) is 11.5 Å². The number of anilines is 2. The minimum absolute atomic E-state index is 0.00448. The molecule has 10 heteroatoms. The zero-order valence-corrected chi connectivity index (χ0v) is 18.6. The standard InChI is InChI=1S/C21H25N3O6S/c1-5-16-21(26)23-15-10-13(2)19(11-18(15)30-16)31(27,28)24(3)12-20(25)22-14-8-6-7-9-17(14)29-4/h6-11,16H,5,12H2,1-4H3,(H,22,25)(H,23,26). The maximum atomic E-state index is 13.1. The van der Waals surface area contributed by atoms with Crippen LogP contribution in [0.3, 0.4) is 0 Å². The van der Waals surface area contributed by atoms with Crippen LogP contribution in [0.25, 0.3) is 0 Å². The van der Waals surface area contributed by atoms with Gasteiger partial charge >= 0.3 is 0 Å². The zero-order valence-electron chi connectivity index (χ0n) is 17.8. The zero-order chi connectivity index (χ0) is 22.8. The fourth-order valence-electron chi connectivity index (χ4n) is 3.22. The number of para-hydroxylation sites is 2. The van der Waals surface area contributed by atoms with E-state index in [0.29, 0.717) is 29.1 Å². The van der Waals surface area contributed by atoms with E-state index in [-0.39, 0.29) is 16.6 Å². The van der Waals surface area contributed by atoms with Crippen molar-refractivity contribution in [3.05, 3.63) is 42.0 Å². The smallest absolute Gasteiger partial charge is 0.265 e. The Morgan fingerprint density at radius 2 is 2.00 bits per heavy atom. The van der Waals surface area contributed by atoms with Crippen LogP contribution in [0.15, 0.2) is 41.3 Å². The van der Waals surface area contributed by atoms with Gasteiger partial charge in [0.05, 0.1) is 29.9 Å². The Bertz CT molecular complexity index is 1120. The molecule has 0 aliphatic carbocycles. The van der Waals surface area contributed by atoms with Crippen molar-refractivity contribution in [1.82, 2.24) is 4.31 Å². The molecule has 0 saturated carbocycles. The first kappa shape index (κ1) is 22.6. The summed E-state index contributed by atoms with van der Waals surface area (Å²) in [4.78, 5) is 24.5. The van der Waals surface area contributed by atoms with Gasteiger partial charge in [-0.25, -0.2) is 8.42 Å². The average Bonchev–Trinajstić information content (AvgIpc) is 2.73. The molecule has 2 aromatic carbocycles. The fourth-order valence-corrected chi connectivity index (χ4v) is 4.57. The number of benzene rings is 2. The van der Waals surface area contributed by atoms with Crippen molar-refractivity contribution in [1.29, 1.82) is 0 Å². The van der Waals surface area contributed by atoms with Crippen LogP contribution in [-0.4, -0.2) is 51.3 Å². The first-order chi connectivity index (χ1) is 14.7. The number of nitrogens with zero attached hydrogens (tertiary/aromatic N) is 1. The predicted octanol–water partition coefficient (Wildman–Crippen LogP) is 2.37. The summed E-state index contributed by atoms with van der Waals surface area (Å²) in [5.74, 6) is -0.0325. The van der Waals surface area contributed by atoms with Crippen LogP contribution in [0.2, 0.25) is 0 Å². The molecule has 2 N–H and O–H groups in total. The van der Waals surface area contributed by atoms with Crippen LogP contribution in [0.1, 0.15) is 18.9 Å². The second-order valence-electron chi connectivity index (χ2n) is 7.13. The number of carbonyl (C=O) groups excluding carboxylic acids is 2. The van der Waals surface area contributed by atoms with E-state index >= 15 is 0 Å². The van der Waals surface area contributed by atoms with Gasteiger partial charge in [-0.3, -0.25) is 9.59 Å². The van der Waals surface area contributed by atoms with Gasteiger partial charge < -0.3 is 20.1 Å². The van der Waals surface area contributed by atoms with Crippen LogP contribution in [0.4, 0.5) is 11.4 Å². The van der Waals surface area contributed by atoms with E-state index in [1.165, 1.54) is 20.2 Å². The Morgan fingerprint density at radius 1 is 1.29 bits per heavy atom. The number of ether oxygens (including phenoxy) is 2. The lowest BCUT2D eigenvalue weighted by atomic mass is 10.1. The second kappa shape index (κ2) is 8.94. The van der Waals surface area contributed by atoms with Crippen molar-refractivity contribution < 1.29 is 27.5 Å². The molecule has 1 heterocycles. The third-order valence-corrected chi connectivity index (χ3v) is 6.85. The summed E-state index contributed by atoms with van der Waals surface area (Å²) in [7, 11) is -1.19. The highest BCUT2D eigenvalue weighted by molar-refractivity contribution is 7.89. The quantitative estimate of drug-likeness (QED) is 0.674. The van der Waals surface area contributed by atoms with Crippen LogP contribution < -0.4 is 20.1 Å². The number of carbonyl (C=O) groups is 2. The number of rotatable bonds is 7. The predicted molar refractivity (Wildman–Crippen MR) is 116 cm³/mol. The number of hydrogen-bond acceptors (Lipinski definition) is 6. The van der Waals surface area contributed by atoms with Gasteiger partial charge in [0.1, 0.15) is 11.5 Å². The number of amides is 2. The normalized spacial score (nSPS) is 15.6. The van der Waals surface area contributed by atoms with E-state index in [1.807, 2.05) is 0 Å². The van der Waals surface area contributed by atoms with Gasteiger partial charge in [0.15, 0.2) is 6.10 Å². The highest BCUT2D eigenvalue weighted by atomic mass is 32.2. The molecule has 2 aromatic rings. The summed E-state index contributed by atoms with van der Waals surface area (Å²) in [6.07, 6.45) is -0.236. The monoisotopic (exact) mass is 447 g/mol. The second-order valence-corrected chi connectivity index (χ2v) is 9.14. The topological polar surface area (TPSA) is 114 Å². The minimum Gasteiger partial charge on any atom is -0.495 e. The van der Waals surface area contributed by atoms with Crippen LogP contribution >= 0.6 is 0 Å². The third kappa shape index (κ3) is 4.64. The summed E-state index contributed by atoms with van der Waals surface area (Å²) >= 11 is 0. The molecular weight excluding hydrogens is 422 g/mol. The minimum atomic E-state index is -4.00. The highest BCUT2D eigenvalue weighted by Gasteiger charge is 2.31. The van der Waals surface area contributed by atoms with E-state index in [0.717, 1.165) is 4.31 Å². The maximum Gasteiger partial charge on any atom is 0.265 e. The van der Waals surface area contributed by atoms with Gasteiger partial charge in [-0.1, -0.05) is 19.1 Å². The summed E-state index contributed by atoms with van der Waals surface area (Å²) in [5.41, 5.74) is 1.29. The van der Waals surface area contributed by atoms with Gasteiger partial charge in [-0.15, -0.1) is 0 Å². The van der Waals surface area contributed by atoms with Crippen LogP contribution in [-0.2, 0) is 19.6 Å². The Kier molecular flexibility index (Phi) is 6.51. The number of methoxy groups -OCH3 is 1. The number of sulfonamides is 1. The molecule has 1 aliphatic rings. The molecule has 31 heavy (non-hydrogen) atoms. The molecule has 1 aliphatic heterocycles. The Balaban J connectivity index is 1.81. The lowest BCUT2D eigenvalue weighted by molar-refractivity contribution is -0.123. The van der Waals surface area contributed by atoms with E-state index in [9.17, 15) is 18.0 Å². The Hall–Kier alpha value is -3.11. The number of nitrogens with one attached hydrogen (secondary N) is 2. The van der Waals surface area contributed by atoms with E-state index in [4.69, 9.17) is 9.47 Å². The number of hydrogen-bond donors (Lipinski definition) is 2. The summed E-state index contributed by atoms with van der Waals surface area (Å²) in [6.45, 7) is 3.02. The molecule has 0 bridgehead atoms. The van der Waals surface area contributed by atoms with Crippen molar-refractivity contribution in [2.24, 2.45) is 0 Å². The molecule has 2 amide bonds. The molecule has 0 spiro atoms. The molecule has 0 aromatic heterocycles. The molecule has 0 saturated heterocycles. The van der Waals surface area contributed by atoms with E-state index in [2.05, 4.69) is 10.6 Å². The van der Waals surface area contributed by atoms with Crippen molar-refractivity contribution in [3.63, 3.8) is 0 Å². The number of likely N-dealkylation sites (N-methyl/N-ethyl adjacent to an activating group) is 1. The van der Waals surface area contributed by atoms with Crippen LogP contribution in [0, 0.1) is 6.92 Å². The molecule has 0 radical (unpaired) electrons. The Labute approximate surface area is 181 Å². The van der Waals surface area contributed by atoms with Gasteiger partial charge in [0.2, 0.25) is 15.9 Å². The van der Waals surface area contributed by atoms with Gasteiger partial charge in [-0.05, 0) is 37.1 Å². The summed E-state index contributed by atoms with van der Waals surface area (Å²) < 4.78 is 38.1. The van der Waals surface area contributed by atoms with E-state index in [1.54, 1.807) is 44.2 Å². The molecular formula is C21H25N3O6S. The molecule has 1 atom stereocenters. The van der Waals surface area contributed by atoms with Crippen molar-refractivity contribution in [2.45, 2.75) is 31.3 Å². The Morgan fingerprint density at radius 3 is 2.68 bits per heavy atom. The summed E-state index contributed by atoms with van der Waals surface area (Å²) in [6, 6.07) is 9.78. The first-order valence-electron chi connectivity index (χ1n) is 9.68. The van der Waals surface area contributed by atoms with E-state index < -0.39 is 28.6 Å². The molecule has 1 unspecified atom stereocenters. The van der Waals surface area contributed by atoms with Gasteiger partial charge in [0.25, 0.3) is 5.91 Å². The van der Waals surface area contributed by atoms with Crippen molar-refractivity contribution >= 4 is 33.2 Å². The summed E-state index contributed by atoms with van der Waals surface area (Å²) in [5, 5.41) is 5.39. The molecule has 0 fully saturated rings. The number of fused-ring (bicyclic) bond motifs is 1. The third-order valence-electron chi connectivity index (χ3n) is 4.90. The lowest BCUT2D eigenvalue weighted by Crippen LogP contribution is -2.37. The fraction of sp³-hybridized carbons (Fsp3) is 0.333.